The third-order valence-electron chi connectivity index (χ3n) is 2.58. The molecule has 0 aliphatic carbocycles. The van der Waals surface area contributed by atoms with Crippen LogP contribution >= 0.6 is 12.4 Å². The number of morpholine rings is 1. The summed E-state index contributed by atoms with van der Waals surface area (Å²) in [5.74, 6) is -1.20. The van der Waals surface area contributed by atoms with E-state index in [0.717, 1.165) is 0 Å². The molecule has 0 saturated carbocycles. The highest BCUT2D eigenvalue weighted by Gasteiger charge is 2.24. The highest BCUT2D eigenvalue weighted by molar-refractivity contribution is 5.85. The lowest BCUT2D eigenvalue weighted by molar-refractivity contribution is 0.0743. The molecule has 1 aromatic carbocycles. The maximum atomic E-state index is 13.9. The summed E-state index contributed by atoms with van der Waals surface area (Å²) >= 11 is 0. The monoisotopic (exact) mass is 265 g/mol. The Morgan fingerprint density at radius 3 is 2.76 bits per heavy atom. The number of nitrogens with one attached hydrogen (secondary N) is 1. The van der Waals surface area contributed by atoms with Crippen LogP contribution in [0.4, 0.5) is 8.78 Å². The Morgan fingerprint density at radius 1 is 1.41 bits per heavy atom. The lowest BCUT2D eigenvalue weighted by Gasteiger charge is -2.25. The molecule has 1 aromatic rings. The van der Waals surface area contributed by atoms with Gasteiger partial charge in [0.15, 0.2) is 11.6 Å². The number of methoxy groups -OCH3 is 1. The molecule has 1 atom stereocenters. The molecule has 0 unspecified atom stereocenters. The topological polar surface area (TPSA) is 30.5 Å². The van der Waals surface area contributed by atoms with Crippen LogP contribution in [0.5, 0.6) is 5.75 Å². The zero-order chi connectivity index (χ0) is 11.5. The average Bonchev–Trinajstić information content (AvgIpc) is 2.31. The summed E-state index contributed by atoms with van der Waals surface area (Å²) < 4.78 is 37.4. The van der Waals surface area contributed by atoms with Crippen LogP contribution in [0.3, 0.4) is 0 Å². The molecule has 1 fully saturated rings. The number of hydrogen-bond donors (Lipinski definition) is 1. The minimum atomic E-state index is -0.662. The van der Waals surface area contributed by atoms with Gasteiger partial charge in [-0.05, 0) is 12.1 Å². The van der Waals surface area contributed by atoms with Crippen LogP contribution < -0.4 is 10.1 Å². The van der Waals surface area contributed by atoms with Crippen LogP contribution in [0.1, 0.15) is 11.6 Å². The molecule has 17 heavy (non-hydrogen) atoms. The first kappa shape index (κ1) is 14.2. The van der Waals surface area contributed by atoms with Crippen molar-refractivity contribution in [2.24, 2.45) is 0 Å². The SMILES string of the molecule is COc1ccc(F)c([C@H]2COCCN2)c1F.Cl. The van der Waals surface area contributed by atoms with E-state index in [1.165, 1.54) is 19.2 Å². The highest BCUT2D eigenvalue weighted by atomic mass is 35.5. The summed E-state index contributed by atoms with van der Waals surface area (Å²) in [6, 6.07) is 2.02. The van der Waals surface area contributed by atoms with E-state index in [4.69, 9.17) is 9.47 Å². The largest absolute Gasteiger partial charge is 0.494 e. The van der Waals surface area contributed by atoms with Crippen molar-refractivity contribution in [3.63, 3.8) is 0 Å². The Bertz CT molecular complexity index is 384. The summed E-state index contributed by atoms with van der Waals surface area (Å²) in [6.45, 7) is 1.41. The predicted molar refractivity (Wildman–Crippen MR) is 61.7 cm³/mol. The van der Waals surface area contributed by atoms with E-state index in [9.17, 15) is 8.78 Å². The van der Waals surface area contributed by atoms with E-state index < -0.39 is 17.7 Å². The molecular formula is C11H14ClF2NO2. The predicted octanol–water partition coefficient (Wildman–Crippen LogP) is 2.06. The number of rotatable bonds is 2. The molecule has 1 heterocycles. The van der Waals surface area contributed by atoms with Gasteiger partial charge in [-0.15, -0.1) is 12.4 Å². The van der Waals surface area contributed by atoms with Crippen LogP contribution in [0, 0.1) is 11.6 Å². The van der Waals surface area contributed by atoms with Gasteiger partial charge in [-0.3, -0.25) is 0 Å². The Balaban J connectivity index is 0.00000144. The van der Waals surface area contributed by atoms with Gasteiger partial charge < -0.3 is 14.8 Å². The quantitative estimate of drug-likeness (QED) is 0.888. The second-order valence-electron chi connectivity index (χ2n) is 3.56. The molecule has 3 nitrogen and oxygen atoms in total. The number of ether oxygens (including phenoxy) is 2. The van der Waals surface area contributed by atoms with Gasteiger partial charge in [0, 0.05) is 12.1 Å². The second-order valence-corrected chi connectivity index (χ2v) is 3.56. The summed E-state index contributed by atoms with van der Waals surface area (Å²) in [5, 5.41) is 3.01. The molecule has 1 saturated heterocycles. The van der Waals surface area contributed by atoms with Gasteiger partial charge in [0.2, 0.25) is 0 Å². The lowest BCUT2D eigenvalue weighted by Crippen LogP contribution is -2.35. The minimum Gasteiger partial charge on any atom is -0.494 e. The summed E-state index contributed by atoms with van der Waals surface area (Å²) in [6.07, 6.45) is 0. The van der Waals surface area contributed by atoms with Crippen molar-refractivity contribution >= 4 is 12.4 Å². The highest BCUT2D eigenvalue weighted by Crippen LogP contribution is 2.28. The van der Waals surface area contributed by atoms with Gasteiger partial charge in [-0.1, -0.05) is 0 Å². The molecule has 0 amide bonds. The first-order chi connectivity index (χ1) is 7.74. The van der Waals surface area contributed by atoms with E-state index in [-0.39, 0.29) is 30.3 Å². The number of hydrogen-bond acceptors (Lipinski definition) is 3. The maximum Gasteiger partial charge on any atom is 0.172 e. The first-order valence-electron chi connectivity index (χ1n) is 5.07. The summed E-state index contributed by atoms with van der Waals surface area (Å²) in [5.41, 5.74) is -0.0148. The molecule has 0 bridgehead atoms. The van der Waals surface area contributed by atoms with Crippen LogP contribution in [0.15, 0.2) is 12.1 Å². The zero-order valence-corrected chi connectivity index (χ0v) is 10.2. The molecule has 0 radical (unpaired) electrons. The van der Waals surface area contributed by atoms with E-state index in [2.05, 4.69) is 5.32 Å². The Labute approximate surface area is 105 Å². The second kappa shape index (κ2) is 6.14. The Hall–Kier alpha value is -0.910. The van der Waals surface area contributed by atoms with Crippen molar-refractivity contribution < 1.29 is 18.3 Å². The van der Waals surface area contributed by atoms with Crippen molar-refractivity contribution in [1.82, 2.24) is 5.32 Å². The Kier molecular flexibility index (Phi) is 5.11. The fourth-order valence-electron chi connectivity index (χ4n) is 1.78. The van der Waals surface area contributed by atoms with E-state index in [1.54, 1.807) is 0 Å². The molecule has 0 spiro atoms. The van der Waals surface area contributed by atoms with Gasteiger partial charge >= 0.3 is 0 Å². The fraction of sp³-hybridized carbons (Fsp3) is 0.455. The van der Waals surface area contributed by atoms with Crippen molar-refractivity contribution in [2.75, 3.05) is 26.9 Å². The fourth-order valence-corrected chi connectivity index (χ4v) is 1.78. The van der Waals surface area contributed by atoms with E-state index >= 15 is 0 Å². The molecule has 0 aromatic heterocycles. The van der Waals surface area contributed by atoms with Gasteiger partial charge in [0.1, 0.15) is 5.82 Å². The molecule has 1 aliphatic heterocycles. The van der Waals surface area contributed by atoms with Crippen molar-refractivity contribution in [1.29, 1.82) is 0 Å². The van der Waals surface area contributed by atoms with Gasteiger partial charge in [-0.2, -0.15) is 0 Å². The number of halogens is 3. The van der Waals surface area contributed by atoms with Crippen LogP contribution in [-0.2, 0) is 4.74 Å². The third kappa shape index (κ3) is 2.86. The molecule has 2 rings (SSSR count). The van der Waals surface area contributed by atoms with Gasteiger partial charge in [0.05, 0.1) is 26.4 Å². The minimum absolute atomic E-state index is 0. The smallest absolute Gasteiger partial charge is 0.172 e. The molecule has 96 valence electrons. The van der Waals surface area contributed by atoms with Crippen LogP contribution in [0.25, 0.3) is 0 Å². The molecule has 1 N–H and O–H groups in total. The summed E-state index contributed by atoms with van der Waals surface area (Å²) in [4.78, 5) is 0. The van der Waals surface area contributed by atoms with E-state index in [1.807, 2.05) is 0 Å². The number of benzene rings is 1. The third-order valence-corrected chi connectivity index (χ3v) is 2.58. The molecular weight excluding hydrogens is 252 g/mol. The van der Waals surface area contributed by atoms with Crippen LogP contribution in [-0.4, -0.2) is 26.9 Å². The average molecular weight is 266 g/mol. The molecule has 6 heteroatoms. The maximum absolute atomic E-state index is 13.9. The normalized spacial score (nSPS) is 19.6. The lowest BCUT2D eigenvalue weighted by atomic mass is 10.0. The van der Waals surface area contributed by atoms with Crippen molar-refractivity contribution in [3.05, 3.63) is 29.3 Å². The van der Waals surface area contributed by atoms with Crippen molar-refractivity contribution in [2.45, 2.75) is 6.04 Å². The molecule has 1 aliphatic rings. The van der Waals surface area contributed by atoms with Crippen LogP contribution in [0.2, 0.25) is 0 Å². The van der Waals surface area contributed by atoms with Gasteiger partial charge in [0.25, 0.3) is 0 Å². The first-order valence-corrected chi connectivity index (χ1v) is 5.07. The van der Waals surface area contributed by atoms with Crippen molar-refractivity contribution in [3.8, 4) is 5.75 Å². The summed E-state index contributed by atoms with van der Waals surface area (Å²) in [7, 11) is 1.35. The standard InChI is InChI=1S/C11H13F2NO2.ClH/c1-15-9-3-2-7(12)10(11(9)13)8-6-16-5-4-14-8;/h2-3,8,14H,4-6H2,1H3;1H/t8-;/m1./s1. The Morgan fingerprint density at radius 2 is 2.18 bits per heavy atom. The zero-order valence-electron chi connectivity index (χ0n) is 9.33. The van der Waals surface area contributed by atoms with Gasteiger partial charge in [-0.25, -0.2) is 8.78 Å². The van der Waals surface area contributed by atoms with E-state index in [0.29, 0.717) is 13.2 Å².